The van der Waals surface area contributed by atoms with Crippen LogP contribution in [-0.2, 0) is 28.3 Å². The molecule has 8 nitrogen and oxygen atoms in total. The average molecular weight is 413 g/mol. The number of fused-ring (bicyclic) bond motifs is 4. The van der Waals surface area contributed by atoms with Gasteiger partial charge in [0.25, 0.3) is 0 Å². The van der Waals surface area contributed by atoms with Crippen LogP contribution in [0.25, 0.3) is 11.1 Å². The maximum Gasteiger partial charge on any atom is 0.419 e. The van der Waals surface area contributed by atoms with Crippen molar-refractivity contribution in [2.75, 3.05) is 19.6 Å². The van der Waals surface area contributed by atoms with Gasteiger partial charge in [0.2, 0.25) is 15.9 Å². The maximum absolute atomic E-state index is 13.3. The SMILES string of the molecule is Cn1c(=O)oc2cc(S(=O)(=O)N3CC(=O)N4CCc5ccccc5[C@H]4C3)ccc21. The van der Waals surface area contributed by atoms with Gasteiger partial charge in [0, 0.05) is 26.2 Å². The predicted molar refractivity (Wildman–Crippen MR) is 105 cm³/mol. The monoisotopic (exact) mass is 413 g/mol. The van der Waals surface area contributed by atoms with E-state index in [1.807, 2.05) is 24.3 Å². The number of hydrogen-bond donors (Lipinski definition) is 0. The molecule has 1 aromatic heterocycles. The summed E-state index contributed by atoms with van der Waals surface area (Å²) in [5, 5.41) is 0. The number of carbonyl (C=O) groups is 1. The van der Waals surface area contributed by atoms with Crippen LogP contribution in [0.5, 0.6) is 0 Å². The molecule has 2 aliphatic heterocycles. The second-order valence-corrected chi connectivity index (χ2v) is 9.34. The number of hydrogen-bond acceptors (Lipinski definition) is 5. The Morgan fingerprint density at radius 3 is 2.72 bits per heavy atom. The van der Waals surface area contributed by atoms with Crippen LogP contribution in [0, 0.1) is 0 Å². The Hall–Kier alpha value is -2.91. The molecule has 150 valence electrons. The van der Waals surface area contributed by atoms with E-state index in [2.05, 4.69) is 0 Å². The highest BCUT2D eigenvalue weighted by Crippen LogP contribution is 2.35. The lowest BCUT2D eigenvalue weighted by atomic mass is 9.91. The normalized spacial score (nSPS) is 20.0. The predicted octanol–water partition coefficient (Wildman–Crippen LogP) is 1.26. The van der Waals surface area contributed by atoms with Crippen molar-refractivity contribution in [3.8, 4) is 0 Å². The van der Waals surface area contributed by atoms with Gasteiger partial charge in [-0.25, -0.2) is 13.2 Å². The zero-order valence-corrected chi connectivity index (χ0v) is 16.6. The molecular formula is C20H19N3O5S. The van der Waals surface area contributed by atoms with Crippen LogP contribution >= 0.6 is 0 Å². The highest BCUT2D eigenvalue weighted by Gasteiger charge is 2.41. The van der Waals surface area contributed by atoms with Gasteiger partial charge < -0.3 is 9.32 Å². The lowest BCUT2D eigenvalue weighted by Gasteiger charge is -2.44. The fraction of sp³-hybridized carbons (Fsp3) is 0.300. The van der Waals surface area contributed by atoms with Crippen LogP contribution in [0.1, 0.15) is 17.2 Å². The molecule has 1 atom stereocenters. The molecule has 1 amide bonds. The van der Waals surface area contributed by atoms with Crippen molar-refractivity contribution in [1.82, 2.24) is 13.8 Å². The zero-order chi connectivity index (χ0) is 20.3. The topological polar surface area (TPSA) is 92.8 Å². The summed E-state index contributed by atoms with van der Waals surface area (Å²) < 4.78 is 34.2. The van der Waals surface area contributed by atoms with Crippen molar-refractivity contribution >= 4 is 27.0 Å². The summed E-state index contributed by atoms with van der Waals surface area (Å²) in [7, 11) is -2.37. The number of benzene rings is 2. The van der Waals surface area contributed by atoms with E-state index in [0.29, 0.717) is 12.1 Å². The number of nitrogens with zero attached hydrogens (tertiary/aromatic N) is 3. The van der Waals surface area contributed by atoms with E-state index < -0.39 is 15.8 Å². The van der Waals surface area contributed by atoms with Gasteiger partial charge in [-0.15, -0.1) is 0 Å². The van der Waals surface area contributed by atoms with E-state index in [4.69, 9.17) is 4.42 Å². The Morgan fingerprint density at radius 1 is 1.10 bits per heavy atom. The second kappa shape index (κ2) is 6.30. The smallest absolute Gasteiger partial charge is 0.408 e. The number of aryl methyl sites for hydroxylation is 1. The summed E-state index contributed by atoms with van der Waals surface area (Å²) in [5.41, 5.74) is 2.85. The molecule has 1 fully saturated rings. The van der Waals surface area contributed by atoms with Crippen molar-refractivity contribution in [2.24, 2.45) is 7.05 Å². The highest BCUT2D eigenvalue weighted by atomic mass is 32.2. The van der Waals surface area contributed by atoms with Crippen molar-refractivity contribution in [3.63, 3.8) is 0 Å². The summed E-state index contributed by atoms with van der Waals surface area (Å²) in [6.45, 7) is 0.592. The summed E-state index contributed by atoms with van der Waals surface area (Å²) >= 11 is 0. The van der Waals surface area contributed by atoms with E-state index in [9.17, 15) is 18.0 Å². The van der Waals surface area contributed by atoms with Gasteiger partial charge in [-0.2, -0.15) is 4.31 Å². The third-order valence-electron chi connectivity index (χ3n) is 5.82. The van der Waals surface area contributed by atoms with Crippen molar-refractivity contribution < 1.29 is 17.6 Å². The molecule has 0 radical (unpaired) electrons. The van der Waals surface area contributed by atoms with E-state index in [-0.39, 0.29) is 35.5 Å². The molecule has 29 heavy (non-hydrogen) atoms. The van der Waals surface area contributed by atoms with E-state index in [1.165, 1.54) is 21.0 Å². The Balaban J connectivity index is 1.54. The lowest BCUT2D eigenvalue weighted by molar-refractivity contribution is -0.138. The molecule has 3 heterocycles. The Bertz CT molecular complexity index is 1310. The average Bonchev–Trinajstić information content (AvgIpc) is 3.01. The first kappa shape index (κ1) is 18.1. The van der Waals surface area contributed by atoms with E-state index in [0.717, 1.165) is 17.5 Å². The van der Waals surface area contributed by atoms with Crippen LogP contribution < -0.4 is 5.76 Å². The molecule has 9 heteroatoms. The number of oxazole rings is 1. The minimum atomic E-state index is -3.93. The van der Waals surface area contributed by atoms with E-state index >= 15 is 0 Å². The van der Waals surface area contributed by atoms with Gasteiger partial charge in [-0.1, -0.05) is 24.3 Å². The Labute approximate surface area is 167 Å². The molecule has 2 aliphatic rings. The molecule has 3 aromatic rings. The number of sulfonamides is 1. The van der Waals surface area contributed by atoms with Crippen LogP contribution in [-0.4, -0.2) is 47.7 Å². The van der Waals surface area contributed by atoms with Gasteiger partial charge in [0.15, 0.2) is 5.58 Å². The fourth-order valence-electron chi connectivity index (χ4n) is 4.25. The van der Waals surface area contributed by atoms with Gasteiger partial charge in [0.05, 0.1) is 23.0 Å². The lowest BCUT2D eigenvalue weighted by Crippen LogP contribution is -2.55. The minimum absolute atomic E-state index is 0.00435. The maximum atomic E-state index is 13.3. The number of aromatic nitrogens is 1. The number of piperazine rings is 1. The molecule has 0 aliphatic carbocycles. The summed E-state index contributed by atoms with van der Waals surface area (Å²) in [4.78, 5) is 26.2. The van der Waals surface area contributed by atoms with Gasteiger partial charge in [0.1, 0.15) is 0 Å². The highest BCUT2D eigenvalue weighted by molar-refractivity contribution is 7.89. The summed E-state index contributed by atoms with van der Waals surface area (Å²) in [6.07, 6.45) is 0.773. The van der Waals surface area contributed by atoms with Crippen molar-refractivity contribution in [3.05, 3.63) is 64.1 Å². The molecule has 0 N–H and O–H groups in total. The largest absolute Gasteiger partial charge is 0.419 e. The summed E-state index contributed by atoms with van der Waals surface area (Å²) in [6, 6.07) is 11.9. The third-order valence-corrected chi connectivity index (χ3v) is 7.63. The molecule has 0 saturated carbocycles. The van der Waals surface area contributed by atoms with Gasteiger partial charge in [-0.3, -0.25) is 9.36 Å². The number of rotatable bonds is 2. The van der Waals surface area contributed by atoms with Crippen LogP contribution in [0.2, 0.25) is 0 Å². The van der Waals surface area contributed by atoms with Crippen LogP contribution in [0.4, 0.5) is 0 Å². The quantitative estimate of drug-likeness (QED) is 0.631. The van der Waals surface area contributed by atoms with Crippen LogP contribution in [0.3, 0.4) is 0 Å². The molecule has 5 rings (SSSR count). The molecule has 0 unspecified atom stereocenters. The van der Waals surface area contributed by atoms with Gasteiger partial charge in [-0.05, 0) is 29.7 Å². The molecule has 1 saturated heterocycles. The standard InChI is InChI=1S/C20H19N3O5S/c1-21-16-7-6-14(10-18(16)28-20(21)25)29(26,27)22-11-17-15-5-3-2-4-13(15)8-9-23(17)19(24)12-22/h2-7,10,17H,8-9,11-12H2,1H3/t17-/m1/s1. The first-order valence-electron chi connectivity index (χ1n) is 9.33. The number of amides is 1. The van der Waals surface area contributed by atoms with Crippen molar-refractivity contribution in [1.29, 1.82) is 0 Å². The second-order valence-electron chi connectivity index (χ2n) is 7.41. The summed E-state index contributed by atoms with van der Waals surface area (Å²) in [5.74, 6) is -0.760. The number of carbonyl (C=O) groups excluding carboxylic acids is 1. The zero-order valence-electron chi connectivity index (χ0n) is 15.7. The molecule has 2 aromatic carbocycles. The van der Waals surface area contributed by atoms with E-state index in [1.54, 1.807) is 18.0 Å². The first-order valence-corrected chi connectivity index (χ1v) is 10.8. The molecule has 0 bridgehead atoms. The Kier molecular flexibility index (Phi) is 3.94. The minimum Gasteiger partial charge on any atom is -0.408 e. The van der Waals surface area contributed by atoms with Crippen LogP contribution in [0.15, 0.2) is 56.6 Å². The molecule has 0 spiro atoms. The molecular weight excluding hydrogens is 394 g/mol. The first-order chi connectivity index (χ1) is 13.9. The Morgan fingerprint density at radius 2 is 1.90 bits per heavy atom. The van der Waals surface area contributed by atoms with Gasteiger partial charge >= 0.3 is 5.76 Å². The third kappa shape index (κ3) is 2.72. The van der Waals surface area contributed by atoms with Crippen molar-refractivity contribution in [2.45, 2.75) is 17.4 Å². The fourth-order valence-corrected chi connectivity index (χ4v) is 5.66.